The van der Waals surface area contributed by atoms with Crippen LogP contribution in [0.25, 0.3) is 33.7 Å². The lowest BCUT2D eigenvalue weighted by Gasteiger charge is -2.28. The number of benzene rings is 4. The summed E-state index contributed by atoms with van der Waals surface area (Å²) in [6, 6.07) is 28.3. The molecule has 0 fully saturated rings. The van der Waals surface area contributed by atoms with Crippen LogP contribution in [0.4, 0.5) is 0 Å². The largest absolute Gasteiger partial charge is 0.108 e. The third-order valence-corrected chi connectivity index (χ3v) is 12.5. The van der Waals surface area contributed by atoms with Gasteiger partial charge in [0.2, 0.25) is 0 Å². The zero-order valence-electron chi connectivity index (χ0n) is 19.0. The highest BCUT2D eigenvalue weighted by molar-refractivity contribution is 6.99. The Bertz CT molecular complexity index is 1500. The minimum atomic E-state index is -1.82. The summed E-state index contributed by atoms with van der Waals surface area (Å²) in [5, 5.41) is 10.5. The first-order valence-corrected chi connectivity index (χ1v) is 15.9. The van der Waals surface area contributed by atoms with Crippen LogP contribution in [0, 0.1) is 0 Å². The summed E-state index contributed by atoms with van der Waals surface area (Å²) >= 11 is 0. The Morgan fingerprint density at radius 2 is 1.47 bits per heavy atom. The number of allylic oxidation sites excluding steroid dienone is 2. The van der Waals surface area contributed by atoms with Crippen LogP contribution < -0.4 is 0 Å². The Labute approximate surface area is 193 Å². The van der Waals surface area contributed by atoms with Crippen molar-refractivity contribution in [3.63, 3.8) is 0 Å². The highest BCUT2D eigenvalue weighted by Crippen LogP contribution is 2.42. The van der Waals surface area contributed by atoms with Crippen molar-refractivity contribution < 1.29 is 0 Å². The minimum Gasteiger partial charge on any atom is -0.0711 e. The zero-order chi connectivity index (χ0) is 21.9. The molecule has 0 heterocycles. The third kappa shape index (κ3) is 2.90. The van der Waals surface area contributed by atoms with Gasteiger partial charge in [0.15, 0.2) is 0 Å². The molecule has 4 aromatic carbocycles. The second-order valence-corrected chi connectivity index (χ2v) is 15.5. The van der Waals surface area contributed by atoms with Gasteiger partial charge in [0.05, 0.1) is 0 Å². The van der Waals surface area contributed by atoms with Crippen LogP contribution in [0.3, 0.4) is 0 Å². The highest BCUT2D eigenvalue weighted by atomic mass is 28.3. The molecule has 0 saturated heterocycles. The van der Waals surface area contributed by atoms with E-state index in [9.17, 15) is 0 Å². The van der Waals surface area contributed by atoms with E-state index in [0.717, 1.165) is 15.6 Å². The van der Waals surface area contributed by atoms with Gasteiger partial charge < -0.3 is 0 Å². The molecule has 0 bridgehead atoms. The molecule has 4 aromatic rings. The lowest BCUT2D eigenvalue weighted by Crippen LogP contribution is -2.36. The Kier molecular flexibility index (Phi) is 4.56. The first kappa shape index (κ1) is 19.8. The number of fused-ring (bicyclic) bond motifs is 6. The molecule has 0 unspecified atom stereocenters. The van der Waals surface area contributed by atoms with Crippen LogP contribution in [-0.2, 0) is 6.42 Å². The molecule has 155 valence electrons. The highest BCUT2D eigenvalue weighted by Gasteiger charge is 2.38. The van der Waals surface area contributed by atoms with E-state index < -0.39 is 8.07 Å². The SMILES string of the molecule is CC[Si]=C1C([Si](C)(C)C2=Cc3c(ccc4ccccc34)C2)=Cc2ccc3ccccc3c21. The maximum atomic E-state index is 2.58. The Morgan fingerprint density at radius 1 is 0.781 bits per heavy atom. The second-order valence-electron chi connectivity index (χ2n) is 9.55. The fourth-order valence-corrected chi connectivity index (χ4v) is 10.6. The van der Waals surface area contributed by atoms with Gasteiger partial charge in [-0.05, 0) is 61.4 Å². The van der Waals surface area contributed by atoms with Crippen molar-refractivity contribution in [2.24, 2.45) is 0 Å². The predicted octanol–water partition coefficient (Wildman–Crippen LogP) is 7.48. The number of rotatable bonds is 3. The molecule has 0 N–H and O–H groups in total. The van der Waals surface area contributed by atoms with Gasteiger partial charge in [-0.1, -0.05) is 115 Å². The van der Waals surface area contributed by atoms with Crippen molar-refractivity contribution in [2.45, 2.75) is 32.5 Å². The summed E-state index contributed by atoms with van der Waals surface area (Å²) in [7, 11) is -0.948. The molecule has 1 radical (unpaired) electrons. The molecule has 2 aliphatic carbocycles. The van der Waals surface area contributed by atoms with Crippen LogP contribution >= 0.6 is 0 Å². The Morgan fingerprint density at radius 3 is 2.25 bits per heavy atom. The molecule has 32 heavy (non-hydrogen) atoms. The number of hydrogen-bond donors (Lipinski definition) is 0. The summed E-state index contributed by atoms with van der Waals surface area (Å²) in [4.78, 5) is 0. The van der Waals surface area contributed by atoms with Crippen LogP contribution in [-0.4, -0.2) is 22.4 Å². The first-order valence-electron chi connectivity index (χ1n) is 11.6. The van der Waals surface area contributed by atoms with Crippen LogP contribution in [0.1, 0.15) is 29.2 Å². The van der Waals surface area contributed by atoms with Gasteiger partial charge >= 0.3 is 0 Å². The molecule has 0 nitrogen and oxygen atoms in total. The van der Waals surface area contributed by atoms with Gasteiger partial charge in [-0.3, -0.25) is 0 Å². The molecule has 0 saturated carbocycles. The summed E-state index contributed by atoms with van der Waals surface area (Å²) in [6.07, 6.45) is 6.21. The maximum absolute atomic E-state index is 2.58. The Balaban J connectivity index is 1.49. The smallest absolute Gasteiger partial charge is 0.0711 e. The first-order chi connectivity index (χ1) is 15.6. The number of hydrogen-bond acceptors (Lipinski definition) is 0. The standard InChI is InChI=1S/C30H27Si2/c1-4-31-30-28(18-23-16-14-21-10-6-8-12-26(21)29(23)30)32(2,3)24-17-22-15-13-20-9-5-7-11-25(20)27(22)19-24/h5-16,18-19H,4,17H2,1-3H3. The van der Waals surface area contributed by atoms with Crippen molar-refractivity contribution in [1.29, 1.82) is 0 Å². The average molecular weight is 444 g/mol. The fraction of sp³-hybridized carbons (Fsp3) is 0.167. The molecule has 2 heteroatoms. The molecule has 0 aromatic heterocycles. The molecule has 0 spiro atoms. The van der Waals surface area contributed by atoms with E-state index in [-0.39, 0.29) is 0 Å². The van der Waals surface area contributed by atoms with Gasteiger partial charge in [-0.15, -0.1) is 0 Å². The normalized spacial score (nSPS) is 16.4. The summed E-state index contributed by atoms with van der Waals surface area (Å²) in [5.41, 5.74) is 5.90. The van der Waals surface area contributed by atoms with E-state index in [0.29, 0.717) is 0 Å². The van der Waals surface area contributed by atoms with Gasteiger partial charge in [-0.25, -0.2) is 0 Å². The average Bonchev–Trinajstić information content (AvgIpc) is 3.43. The van der Waals surface area contributed by atoms with E-state index in [4.69, 9.17) is 0 Å². The van der Waals surface area contributed by atoms with Gasteiger partial charge in [0.1, 0.15) is 8.07 Å². The molecule has 2 aliphatic rings. The van der Waals surface area contributed by atoms with E-state index in [1.54, 1.807) is 15.6 Å². The summed E-state index contributed by atoms with van der Waals surface area (Å²) in [5.74, 6) is 0. The molecular weight excluding hydrogens is 417 g/mol. The van der Waals surface area contributed by atoms with Crippen LogP contribution in [0.2, 0.25) is 19.1 Å². The monoisotopic (exact) mass is 443 g/mol. The van der Waals surface area contributed by atoms with Crippen molar-refractivity contribution >= 4 is 56.1 Å². The third-order valence-electron chi connectivity index (χ3n) is 7.37. The lowest BCUT2D eigenvalue weighted by molar-refractivity contribution is 1.27. The van der Waals surface area contributed by atoms with Crippen LogP contribution in [0.5, 0.6) is 0 Å². The molecule has 0 aliphatic heterocycles. The van der Waals surface area contributed by atoms with E-state index in [1.165, 1.54) is 49.8 Å². The molecule has 6 rings (SSSR count). The van der Waals surface area contributed by atoms with E-state index >= 15 is 0 Å². The van der Waals surface area contributed by atoms with E-state index in [1.807, 2.05) is 0 Å². The summed E-state index contributed by atoms with van der Waals surface area (Å²) < 4.78 is 0. The van der Waals surface area contributed by atoms with Crippen molar-refractivity contribution in [3.05, 3.63) is 105 Å². The van der Waals surface area contributed by atoms with Gasteiger partial charge in [0, 0.05) is 9.13 Å². The fourth-order valence-electron chi connectivity index (χ4n) is 5.57. The summed E-state index contributed by atoms with van der Waals surface area (Å²) in [6.45, 7) is 7.48. The molecule has 0 atom stereocenters. The predicted molar refractivity (Wildman–Crippen MR) is 145 cm³/mol. The van der Waals surface area contributed by atoms with Gasteiger partial charge in [0.25, 0.3) is 0 Å². The molecular formula is C30H27Si2. The lowest BCUT2D eigenvalue weighted by atomic mass is 10.0. The quantitative estimate of drug-likeness (QED) is 0.288. The maximum Gasteiger partial charge on any atom is 0.108 e. The van der Waals surface area contributed by atoms with Gasteiger partial charge in [-0.2, -0.15) is 0 Å². The zero-order valence-corrected chi connectivity index (χ0v) is 21.0. The Hall–Kier alpha value is -2.82. The minimum absolute atomic E-state index is 0.868. The second kappa shape index (κ2) is 7.36. The van der Waals surface area contributed by atoms with Crippen molar-refractivity contribution in [3.8, 4) is 0 Å². The van der Waals surface area contributed by atoms with Crippen LogP contribution in [0.15, 0.2) is 83.2 Å². The van der Waals surface area contributed by atoms with Crippen molar-refractivity contribution in [2.75, 3.05) is 0 Å². The van der Waals surface area contributed by atoms with Crippen molar-refractivity contribution in [1.82, 2.24) is 0 Å². The molecule has 0 amide bonds. The topological polar surface area (TPSA) is 0 Å². The van der Waals surface area contributed by atoms with E-state index in [2.05, 4.69) is 105 Å².